The molecule has 2 fully saturated rings. The van der Waals surface area contributed by atoms with E-state index in [1.807, 2.05) is 13.8 Å². The van der Waals surface area contributed by atoms with Gasteiger partial charge in [-0.05, 0) is 15.8 Å². The van der Waals surface area contributed by atoms with E-state index in [4.69, 9.17) is 9.47 Å². The summed E-state index contributed by atoms with van der Waals surface area (Å²) in [5.74, 6) is 0.551. The third-order valence-corrected chi connectivity index (χ3v) is 4.70. The number of tetrazole rings is 1. The fraction of sp³-hybridized carbons (Fsp3) is 0.812. The summed E-state index contributed by atoms with van der Waals surface area (Å²) in [5, 5.41) is 11.7. The van der Waals surface area contributed by atoms with E-state index >= 15 is 0 Å². The first kappa shape index (κ1) is 18.7. The Balaban J connectivity index is 1.61. The van der Waals surface area contributed by atoms with E-state index in [9.17, 15) is 9.59 Å². The maximum atomic E-state index is 12.7. The zero-order valence-electron chi connectivity index (χ0n) is 15.6. The van der Waals surface area contributed by atoms with E-state index in [-0.39, 0.29) is 29.9 Å². The summed E-state index contributed by atoms with van der Waals surface area (Å²) in [7, 11) is 1.61. The van der Waals surface area contributed by atoms with Crippen LogP contribution in [-0.4, -0.2) is 88.3 Å². The molecule has 0 spiro atoms. The molecule has 10 nitrogen and oxygen atoms in total. The molecule has 0 unspecified atom stereocenters. The Kier molecular flexibility index (Phi) is 5.52. The molecule has 2 aliphatic rings. The Bertz CT molecular complexity index is 661. The lowest BCUT2D eigenvalue weighted by molar-refractivity contribution is -0.144. The second kappa shape index (κ2) is 7.67. The van der Waals surface area contributed by atoms with Gasteiger partial charge in [-0.2, -0.15) is 0 Å². The van der Waals surface area contributed by atoms with Gasteiger partial charge in [-0.15, -0.1) is 5.10 Å². The van der Waals surface area contributed by atoms with Crippen LogP contribution in [0.1, 0.15) is 32.2 Å². The molecule has 0 aliphatic carbocycles. The normalized spacial score (nSPS) is 22.9. The Morgan fingerprint density at radius 1 is 1.42 bits per heavy atom. The Hall–Kier alpha value is -2.07. The van der Waals surface area contributed by atoms with Gasteiger partial charge in [0.05, 0.1) is 32.8 Å². The van der Waals surface area contributed by atoms with Crippen molar-refractivity contribution in [3.05, 3.63) is 5.82 Å². The molecule has 1 atom stereocenters. The molecule has 0 radical (unpaired) electrons. The van der Waals surface area contributed by atoms with Crippen LogP contribution in [0.5, 0.6) is 0 Å². The number of hydrogen-bond donors (Lipinski definition) is 0. The summed E-state index contributed by atoms with van der Waals surface area (Å²) in [6.45, 7) is 7.10. The molecule has 26 heavy (non-hydrogen) atoms. The van der Waals surface area contributed by atoms with E-state index in [1.54, 1.807) is 21.6 Å². The lowest BCUT2D eigenvalue weighted by Gasteiger charge is -2.33. The first-order chi connectivity index (χ1) is 12.4. The van der Waals surface area contributed by atoms with Crippen molar-refractivity contribution >= 4 is 11.8 Å². The zero-order chi connectivity index (χ0) is 18.7. The van der Waals surface area contributed by atoms with Gasteiger partial charge >= 0.3 is 0 Å². The third-order valence-electron chi connectivity index (χ3n) is 4.70. The van der Waals surface area contributed by atoms with Gasteiger partial charge in [0.2, 0.25) is 11.8 Å². The van der Waals surface area contributed by atoms with Crippen LogP contribution in [0.25, 0.3) is 0 Å². The molecule has 0 N–H and O–H groups in total. The van der Waals surface area contributed by atoms with Crippen molar-refractivity contribution in [3.63, 3.8) is 0 Å². The molecule has 10 heteroatoms. The summed E-state index contributed by atoms with van der Waals surface area (Å²) >= 11 is 0. The van der Waals surface area contributed by atoms with Crippen molar-refractivity contribution in [1.29, 1.82) is 0 Å². The van der Waals surface area contributed by atoms with Gasteiger partial charge in [0.25, 0.3) is 0 Å². The fourth-order valence-corrected chi connectivity index (χ4v) is 3.40. The molecule has 2 saturated heterocycles. The van der Waals surface area contributed by atoms with Gasteiger partial charge in [0.1, 0.15) is 6.10 Å². The third kappa shape index (κ3) is 4.18. The molecule has 1 aromatic rings. The van der Waals surface area contributed by atoms with Crippen molar-refractivity contribution in [2.45, 2.75) is 32.9 Å². The number of ether oxygens (including phenoxy) is 2. The lowest BCUT2D eigenvalue weighted by Crippen LogP contribution is -2.47. The fourth-order valence-electron chi connectivity index (χ4n) is 3.40. The predicted octanol–water partition coefficient (Wildman–Crippen LogP) is -0.522. The van der Waals surface area contributed by atoms with Gasteiger partial charge < -0.3 is 19.3 Å². The lowest BCUT2D eigenvalue weighted by atomic mass is 9.93. The van der Waals surface area contributed by atoms with E-state index in [1.165, 1.54) is 0 Å². The molecule has 2 amide bonds. The van der Waals surface area contributed by atoms with E-state index in [0.29, 0.717) is 51.6 Å². The smallest absolute Gasteiger partial charge is 0.242 e. The summed E-state index contributed by atoms with van der Waals surface area (Å²) < 4.78 is 12.5. The maximum absolute atomic E-state index is 12.7. The number of hydrogen-bond acceptors (Lipinski definition) is 7. The van der Waals surface area contributed by atoms with Crippen molar-refractivity contribution in [1.82, 2.24) is 30.0 Å². The van der Waals surface area contributed by atoms with Crippen molar-refractivity contribution in [2.75, 3.05) is 46.5 Å². The van der Waals surface area contributed by atoms with Crippen LogP contribution < -0.4 is 0 Å². The molecular formula is C16H26N6O4. The molecule has 3 rings (SSSR count). The maximum Gasteiger partial charge on any atom is 0.242 e. The van der Waals surface area contributed by atoms with E-state index in [0.717, 1.165) is 0 Å². The highest BCUT2D eigenvalue weighted by Gasteiger charge is 2.38. The van der Waals surface area contributed by atoms with Crippen LogP contribution in [0.2, 0.25) is 0 Å². The Labute approximate surface area is 152 Å². The summed E-state index contributed by atoms with van der Waals surface area (Å²) in [6.07, 6.45) is 0.102. The highest BCUT2D eigenvalue weighted by molar-refractivity contribution is 5.86. The van der Waals surface area contributed by atoms with Gasteiger partial charge in [0.15, 0.2) is 5.82 Å². The monoisotopic (exact) mass is 366 g/mol. The minimum Gasteiger partial charge on any atom is -0.383 e. The van der Waals surface area contributed by atoms with Crippen molar-refractivity contribution in [2.24, 2.45) is 5.41 Å². The van der Waals surface area contributed by atoms with Crippen LogP contribution in [0.3, 0.4) is 0 Å². The SMILES string of the molecule is COCCn1nnnc1[C@H]1CN(C(=O)CN2CC(C)(C)CC2=O)CCO1. The number of carbonyl (C=O) groups excluding carboxylic acids is 2. The molecule has 144 valence electrons. The number of morpholine rings is 1. The predicted molar refractivity (Wildman–Crippen MR) is 89.9 cm³/mol. The quantitative estimate of drug-likeness (QED) is 0.667. The van der Waals surface area contributed by atoms with Crippen molar-refractivity contribution in [3.8, 4) is 0 Å². The molecule has 0 aromatic carbocycles. The number of rotatable bonds is 6. The minimum absolute atomic E-state index is 0.0386. The average molecular weight is 366 g/mol. The Morgan fingerprint density at radius 2 is 2.23 bits per heavy atom. The van der Waals surface area contributed by atoms with Gasteiger partial charge in [-0.1, -0.05) is 13.8 Å². The molecule has 0 bridgehead atoms. The van der Waals surface area contributed by atoms with Crippen LogP contribution in [-0.2, 0) is 25.6 Å². The van der Waals surface area contributed by atoms with Crippen LogP contribution >= 0.6 is 0 Å². The number of methoxy groups -OCH3 is 1. The van der Waals surface area contributed by atoms with Crippen LogP contribution in [0.4, 0.5) is 0 Å². The number of carbonyl (C=O) groups is 2. The molecule has 0 saturated carbocycles. The highest BCUT2D eigenvalue weighted by atomic mass is 16.5. The largest absolute Gasteiger partial charge is 0.383 e. The van der Waals surface area contributed by atoms with E-state index < -0.39 is 0 Å². The standard InChI is InChI=1S/C16H26N6O4/c1-16(2)8-13(23)21(11-16)10-14(24)20-4-7-26-12(9-20)15-17-18-19-22(15)5-6-25-3/h12H,4-11H2,1-3H3/t12-/m1/s1. The number of aromatic nitrogens is 4. The van der Waals surface area contributed by atoms with Crippen LogP contribution in [0.15, 0.2) is 0 Å². The molecule has 2 aliphatic heterocycles. The second-order valence-corrected chi connectivity index (χ2v) is 7.54. The Morgan fingerprint density at radius 3 is 2.92 bits per heavy atom. The first-order valence-corrected chi connectivity index (χ1v) is 8.82. The van der Waals surface area contributed by atoms with Crippen molar-refractivity contribution < 1.29 is 19.1 Å². The minimum atomic E-state index is -0.384. The second-order valence-electron chi connectivity index (χ2n) is 7.54. The van der Waals surface area contributed by atoms with Gasteiger partial charge in [-0.25, -0.2) is 4.68 Å². The highest BCUT2D eigenvalue weighted by Crippen LogP contribution is 2.30. The number of likely N-dealkylation sites (tertiary alicyclic amines) is 1. The topological polar surface area (TPSA) is 103 Å². The summed E-state index contributed by atoms with van der Waals surface area (Å²) in [6, 6.07) is 0. The first-order valence-electron chi connectivity index (χ1n) is 8.82. The van der Waals surface area contributed by atoms with E-state index in [2.05, 4.69) is 15.5 Å². The van der Waals surface area contributed by atoms with Crippen LogP contribution in [0, 0.1) is 5.41 Å². The van der Waals surface area contributed by atoms with Gasteiger partial charge in [-0.3, -0.25) is 9.59 Å². The molecule has 1 aromatic heterocycles. The van der Waals surface area contributed by atoms with Gasteiger partial charge in [0, 0.05) is 26.6 Å². The number of nitrogens with zero attached hydrogens (tertiary/aromatic N) is 6. The zero-order valence-corrected chi connectivity index (χ0v) is 15.6. The molecule has 3 heterocycles. The average Bonchev–Trinajstić information content (AvgIpc) is 3.16. The molecular weight excluding hydrogens is 340 g/mol. The summed E-state index contributed by atoms with van der Waals surface area (Å²) in [5.41, 5.74) is -0.0751. The summed E-state index contributed by atoms with van der Waals surface area (Å²) in [4.78, 5) is 28.1. The number of amides is 2.